The minimum absolute atomic E-state index is 0.0251. The fourth-order valence-electron chi connectivity index (χ4n) is 3.99. The number of carbonyl (C=O) groups is 3. The van der Waals surface area contributed by atoms with Crippen molar-refractivity contribution in [3.8, 4) is 0 Å². The molecule has 2 aromatic heterocycles. The van der Waals surface area contributed by atoms with E-state index in [1.807, 2.05) is 11.4 Å². The van der Waals surface area contributed by atoms with Crippen molar-refractivity contribution in [1.82, 2.24) is 35.6 Å². The summed E-state index contributed by atoms with van der Waals surface area (Å²) in [6.45, 7) is 0.0251. The third kappa shape index (κ3) is 5.83. The second-order valence-electron chi connectivity index (χ2n) is 8.03. The highest BCUT2D eigenvalue weighted by molar-refractivity contribution is 8.01. The molecule has 2 aromatic rings. The Morgan fingerprint density at radius 2 is 2.24 bits per heavy atom. The van der Waals surface area contributed by atoms with Crippen molar-refractivity contribution in [3.05, 3.63) is 33.7 Å². The molecule has 0 spiro atoms. The number of nitrogens with zero attached hydrogens (tertiary/aromatic N) is 4. The number of thiophene rings is 1. The van der Waals surface area contributed by atoms with Gasteiger partial charge in [-0.3, -0.25) is 14.5 Å². The van der Waals surface area contributed by atoms with E-state index in [1.165, 1.54) is 30.2 Å². The standard InChI is InChI=1S/C19H23N7O7S4/c1-33-19(21-13(27)8-10-4-3-7-34-10)16(30)26-14(15(28)29)11(9-35-17(19)26)12(5-6-20-37(2,31)32)36-18-22-24-25-23-18/h3-4,7,12,17,20H,5-6,8-9H2,1-2H3,(H,21,27)(H,28,29)(H,22,23,24,25)/t12?,17-,19-/m0/s1. The number of carboxylic acids is 1. The van der Waals surface area contributed by atoms with Gasteiger partial charge >= 0.3 is 5.97 Å². The predicted molar refractivity (Wildman–Crippen MR) is 135 cm³/mol. The molecule has 4 heterocycles. The first-order chi connectivity index (χ1) is 17.6. The molecule has 0 aromatic carbocycles. The zero-order valence-electron chi connectivity index (χ0n) is 19.5. The number of thioether (sulfide) groups is 2. The SMILES string of the molecule is CO[C@@]1(NC(=O)Cc2cccs2)C(=O)N2C(C(=O)O)=C(C(CCNS(C)(=O)=O)Sc3nnn[nH]3)CS[C@H]21. The van der Waals surface area contributed by atoms with Crippen molar-refractivity contribution < 1.29 is 32.6 Å². The van der Waals surface area contributed by atoms with Crippen LogP contribution >= 0.6 is 34.9 Å². The molecule has 18 heteroatoms. The number of fused-ring (bicyclic) bond motifs is 1. The number of hydrogen-bond acceptors (Lipinski definition) is 12. The summed E-state index contributed by atoms with van der Waals surface area (Å²) in [6.07, 6.45) is 1.27. The molecule has 1 saturated heterocycles. The molecule has 4 N–H and O–H groups in total. The summed E-state index contributed by atoms with van der Waals surface area (Å²) in [7, 11) is -2.19. The lowest BCUT2D eigenvalue weighted by atomic mass is 9.96. The Hall–Kier alpha value is -2.51. The molecule has 1 unspecified atom stereocenters. The van der Waals surface area contributed by atoms with E-state index in [-0.39, 0.29) is 30.8 Å². The van der Waals surface area contributed by atoms with Gasteiger partial charge in [-0.2, -0.15) is 0 Å². The number of carboxylic acid groups (broad SMARTS) is 1. The maximum Gasteiger partial charge on any atom is 0.352 e. The molecule has 2 amide bonds. The number of amides is 2. The summed E-state index contributed by atoms with van der Waals surface area (Å²) >= 11 is 3.76. The average Bonchev–Trinajstić information content (AvgIpc) is 3.54. The minimum Gasteiger partial charge on any atom is -0.477 e. The Labute approximate surface area is 224 Å². The van der Waals surface area contributed by atoms with Gasteiger partial charge in [0.2, 0.25) is 21.1 Å². The maximum atomic E-state index is 13.4. The fraction of sp³-hybridized carbons (Fsp3) is 0.474. The van der Waals surface area contributed by atoms with Crippen molar-refractivity contribution in [2.24, 2.45) is 0 Å². The summed E-state index contributed by atoms with van der Waals surface area (Å²) < 4.78 is 31.0. The van der Waals surface area contributed by atoms with Gasteiger partial charge in [0.15, 0.2) is 0 Å². The molecule has 3 atom stereocenters. The number of hydrogen-bond donors (Lipinski definition) is 4. The zero-order valence-corrected chi connectivity index (χ0v) is 22.8. The van der Waals surface area contributed by atoms with Crippen LogP contribution in [-0.2, 0) is 35.6 Å². The summed E-state index contributed by atoms with van der Waals surface area (Å²) in [6, 6.07) is 3.61. The first-order valence-corrected chi connectivity index (χ1v) is 15.4. The molecular formula is C19H23N7O7S4. The maximum absolute atomic E-state index is 13.4. The van der Waals surface area contributed by atoms with E-state index in [0.717, 1.165) is 27.8 Å². The number of aromatic nitrogens is 4. The number of nitrogens with one attached hydrogen (secondary N) is 3. The number of β-lactam (4-membered cyclic amide) rings is 1. The Balaban J connectivity index is 1.60. The van der Waals surface area contributed by atoms with Crippen LogP contribution in [0.15, 0.2) is 33.9 Å². The van der Waals surface area contributed by atoms with Crippen LogP contribution in [-0.4, -0.2) is 98.8 Å². The van der Waals surface area contributed by atoms with Crippen molar-refractivity contribution in [3.63, 3.8) is 0 Å². The smallest absolute Gasteiger partial charge is 0.352 e. The third-order valence-electron chi connectivity index (χ3n) is 5.56. The van der Waals surface area contributed by atoms with Gasteiger partial charge in [-0.05, 0) is 33.9 Å². The van der Waals surface area contributed by atoms with E-state index >= 15 is 0 Å². The first-order valence-electron chi connectivity index (χ1n) is 10.7. The molecule has 0 radical (unpaired) electrons. The summed E-state index contributed by atoms with van der Waals surface area (Å²) in [5.74, 6) is -2.29. The highest BCUT2D eigenvalue weighted by Gasteiger charge is 2.66. The average molecular weight is 590 g/mol. The van der Waals surface area contributed by atoms with Crippen LogP contribution < -0.4 is 10.0 Å². The largest absolute Gasteiger partial charge is 0.477 e. The van der Waals surface area contributed by atoms with Crippen molar-refractivity contribution in [2.45, 2.75) is 34.3 Å². The van der Waals surface area contributed by atoms with Crippen LogP contribution in [0, 0.1) is 0 Å². The van der Waals surface area contributed by atoms with Crippen molar-refractivity contribution in [2.75, 3.05) is 25.7 Å². The Morgan fingerprint density at radius 1 is 1.46 bits per heavy atom. The van der Waals surface area contributed by atoms with Gasteiger partial charge in [0.25, 0.3) is 11.6 Å². The van der Waals surface area contributed by atoms with Gasteiger partial charge in [-0.15, -0.1) is 28.2 Å². The second-order valence-corrected chi connectivity index (χ2v) is 13.2. The molecule has 2 aliphatic rings. The van der Waals surface area contributed by atoms with Crippen LogP contribution in [0.4, 0.5) is 0 Å². The molecule has 0 bridgehead atoms. The minimum atomic E-state index is -3.47. The normalized spacial score (nSPS) is 22.4. The number of H-pyrrole nitrogens is 1. The molecule has 14 nitrogen and oxygen atoms in total. The van der Waals surface area contributed by atoms with E-state index < -0.39 is 44.2 Å². The molecule has 0 aliphatic carbocycles. The Morgan fingerprint density at radius 3 is 2.84 bits per heavy atom. The quantitative estimate of drug-likeness (QED) is 0.142. The van der Waals surface area contributed by atoms with Gasteiger partial charge in [-0.1, -0.05) is 17.8 Å². The number of methoxy groups -OCH3 is 1. The third-order valence-corrected chi connectivity index (χ3v) is 9.71. The first kappa shape index (κ1) is 27.5. The fourth-order valence-corrected chi connectivity index (χ4v) is 7.82. The zero-order chi connectivity index (χ0) is 26.8. The van der Waals surface area contributed by atoms with Crippen LogP contribution in [0.25, 0.3) is 0 Å². The number of rotatable bonds is 12. The lowest BCUT2D eigenvalue weighted by Gasteiger charge is -2.56. The van der Waals surface area contributed by atoms with E-state index in [9.17, 15) is 27.9 Å². The van der Waals surface area contributed by atoms with Gasteiger partial charge in [0, 0.05) is 29.5 Å². The van der Waals surface area contributed by atoms with Crippen LogP contribution in [0.5, 0.6) is 0 Å². The molecule has 37 heavy (non-hydrogen) atoms. The summed E-state index contributed by atoms with van der Waals surface area (Å²) in [5, 5.41) is 27.0. The summed E-state index contributed by atoms with van der Waals surface area (Å²) in [4.78, 5) is 40.4. The topological polar surface area (TPSA) is 197 Å². The highest BCUT2D eigenvalue weighted by Crippen LogP contribution is 2.48. The van der Waals surface area contributed by atoms with Crippen LogP contribution in [0.1, 0.15) is 11.3 Å². The van der Waals surface area contributed by atoms with Gasteiger partial charge < -0.3 is 15.2 Å². The molecule has 4 rings (SSSR count). The number of tetrazole rings is 1. The monoisotopic (exact) mass is 589 g/mol. The van der Waals surface area contributed by atoms with Crippen LogP contribution in [0.2, 0.25) is 0 Å². The Kier molecular flexibility index (Phi) is 8.24. The molecule has 1 fully saturated rings. The number of sulfonamides is 1. The van der Waals surface area contributed by atoms with Crippen molar-refractivity contribution >= 4 is 62.7 Å². The lowest BCUT2D eigenvalue weighted by Crippen LogP contribution is -2.80. The number of aliphatic carboxylic acids is 1. The van der Waals surface area contributed by atoms with E-state index in [0.29, 0.717) is 10.7 Å². The molecular weight excluding hydrogens is 567 g/mol. The van der Waals surface area contributed by atoms with Crippen molar-refractivity contribution in [1.29, 1.82) is 0 Å². The van der Waals surface area contributed by atoms with E-state index in [2.05, 4.69) is 30.7 Å². The van der Waals surface area contributed by atoms with Gasteiger partial charge in [0.1, 0.15) is 11.1 Å². The van der Waals surface area contributed by atoms with Gasteiger partial charge in [0.05, 0.1) is 12.7 Å². The number of ether oxygens (including phenoxy) is 1. The predicted octanol–water partition coefficient (Wildman–Crippen LogP) is -0.383. The molecule has 2 aliphatic heterocycles. The van der Waals surface area contributed by atoms with Crippen LogP contribution in [0.3, 0.4) is 0 Å². The second kappa shape index (κ2) is 11.1. The highest BCUT2D eigenvalue weighted by atomic mass is 32.2. The lowest BCUT2D eigenvalue weighted by molar-refractivity contribution is -0.192. The molecule has 0 saturated carbocycles. The Bertz CT molecular complexity index is 1300. The van der Waals surface area contributed by atoms with E-state index in [1.54, 1.807) is 6.07 Å². The number of carbonyl (C=O) groups excluding carboxylic acids is 2. The summed E-state index contributed by atoms with van der Waals surface area (Å²) in [5.41, 5.74) is -1.55. The molecule has 200 valence electrons. The number of aromatic amines is 1. The van der Waals surface area contributed by atoms with Gasteiger partial charge in [-0.25, -0.2) is 23.0 Å². The van der Waals surface area contributed by atoms with E-state index in [4.69, 9.17) is 4.74 Å².